The lowest BCUT2D eigenvalue weighted by molar-refractivity contribution is -0.0591. The summed E-state index contributed by atoms with van der Waals surface area (Å²) < 4.78 is 19.5. The molecule has 1 heterocycles. The van der Waals surface area contributed by atoms with Gasteiger partial charge < -0.3 is 14.7 Å². The molecule has 134 valence electrons. The first-order valence-corrected chi connectivity index (χ1v) is 9.44. The van der Waals surface area contributed by atoms with Crippen molar-refractivity contribution in [3.63, 3.8) is 0 Å². The number of benzene rings is 1. The van der Waals surface area contributed by atoms with Crippen molar-refractivity contribution in [1.29, 1.82) is 0 Å². The van der Waals surface area contributed by atoms with E-state index >= 15 is 0 Å². The molecule has 0 bridgehead atoms. The van der Waals surface area contributed by atoms with E-state index in [1.165, 1.54) is 44.2 Å². The second kappa shape index (κ2) is 8.41. The molecule has 0 spiro atoms. The molecule has 4 heteroatoms. The Hall–Kier alpha value is -0.970. The normalized spacial score (nSPS) is 22.6. The highest BCUT2D eigenvalue weighted by atomic mass is 19.1. The van der Waals surface area contributed by atoms with Crippen LogP contribution in [0.25, 0.3) is 0 Å². The Morgan fingerprint density at radius 1 is 1.12 bits per heavy atom. The van der Waals surface area contributed by atoms with Crippen LogP contribution in [-0.4, -0.2) is 41.8 Å². The van der Waals surface area contributed by atoms with E-state index in [4.69, 9.17) is 4.74 Å². The molecule has 3 rings (SSSR count). The lowest BCUT2D eigenvalue weighted by atomic mass is 9.97. The minimum atomic E-state index is -0.554. The van der Waals surface area contributed by atoms with Gasteiger partial charge in [0.15, 0.2) is 0 Å². The van der Waals surface area contributed by atoms with Gasteiger partial charge in [-0.25, -0.2) is 4.39 Å². The minimum Gasteiger partial charge on any atom is -0.387 e. The number of β-amino-alcohol motifs (C(OH)–C–C–N with tert-alkyl or cyclic N) is 1. The molecule has 2 fully saturated rings. The van der Waals surface area contributed by atoms with Crippen LogP contribution in [0.2, 0.25) is 0 Å². The van der Waals surface area contributed by atoms with E-state index in [-0.39, 0.29) is 5.82 Å². The Morgan fingerprint density at radius 3 is 2.46 bits per heavy atom. The van der Waals surface area contributed by atoms with E-state index in [2.05, 4.69) is 4.90 Å². The lowest BCUT2D eigenvalue weighted by Gasteiger charge is -2.35. The maximum atomic E-state index is 13.2. The number of ether oxygens (including phenoxy) is 1. The Balaban J connectivity index is 1.44. The molecule has 0 amide bonds. The average molecular weight is 335 g/mol. The summed E-state index contributed by atoms with van der Waals surface area (Å²) in [6, 6.07) is 4.62. The summed E-state index contributed by atoms with van der Waals surface area (Å²) >= 11 is 0. The summed E-state index contributed by atoms with van der Waals surface area (Å²) in [6.45, 7) is 4.40. The van der Waals surface area contributed by atoms with E-state index in [0.717, 1.165) is 37.1 Å². The lowest BCUT2D eigenvalue weighted by Crippen LogP contribution is -2.40. The molecule has 1 aliphatic carbocycles. The molecule has 1 saturated carbocycles. The third-order valence-corrected chi connectivity index (χ3v) is 5.49. The number of rotatable bonds is 5. The highest BCUT2D eigenvalue weighted by Crippen LogP contribution is 2.26. The zero-order valence-corrected chi connectivity index (χ0v) is 14.7. The van der Waals surface area contributed by atoms with Crippen LogP contribution in [0.4, 0.5) is 4.39 Å². The molecule has 1 unspecified atom stereocenters. The first-order valence-electron chi connectivity index (χ1n) is 9.44. The third kappa shape index (κ3) is 4.78. The number of hydrogen-bond acceptors (Lipinski definition) is 3. The highest BCUT2D eigenvalue weighted by Gasteiger charge is 2.25. The largest absolute Gasteiger partial charge is 0.387 e. The molecule has 24 heavy (non-hydrogen) atoms. The van der Waals surface area contributed by atoms with Crippen molar-refractivity contribution < 1.29 is 14.2 Å². The topological polar surface area (TPSA) is 32.7 Å². The van der Waals surface area contributed by atoms with E-state index in [0.29, 0.717) is 18.8 Å². The predicted octanol–water partition coefficient (Wildman–Crippen LogP) is 3.98. The summed E-state index contributed by atoms with van der Waals surface area (Å²) in [6.07, 6.45) is 8.83. The highest BCUT2D eigenvalue weighted by molar-refractivity contribution is 5.28. The average Bonchev–Trinajstić information content (AvgIpc) is 2.57. The van der Waals surface area contributed by atoms with Crippen LogP contribution in [-0.2, 0) is 4.74 Å². The van der Waals surface area contributed by atoms with E-state index in [1.807, 2.05) is 6.92 Å². The Bertz CT molecular complexity index is 522. The van der Waals surface area contributed by atoms with E-state index in [9.17, 15) is 9.50 Å². The van der Waals surface area contributed by atoms with Gasteiger partial charge in [0, 0.05) is 19.6 Å². The molecule has 1 N–H and O–H groups in total. The Labute approximate surface area is 144 Å². The van der Waals surface area contributed by atoms with Crippen LogP contribution in [0, 0.1) is 12.7 Å². The van der Waals surface area contributed by atoms with Crippen molar-refractivity contribution in [2.45, 2.75) is 70.2 Å². The van der Waals surface area contributed by atoms with Gasteiger partial charge in [-0.3, -0.25) is 0 Å². The second-order valence-corrected chi connectivity index (χ2v) is 7.41. The van der Waals surface area contributed by atoms with Gasteiger partial charge in [-0.05, 0) is 55.9 Å². The van der Waals surface area contributed by atoms with Gasteiger partial charge in [0.05, 0.1) is 18.3 Å². The Morgan fingerprint density at radius 2 is 1.79 bits per heavy atom. The van der Waals surface area contributed by atoms with Gasteiger partial charge in [0.25, 0.3) is 0 Å². The number of nitrogens with zero attached hydrogens (tertiary/aromatic N) is 1. The van der Waals surface area contributed by atoms with Crippen LogP contribution < -0.4 is 0 Å². The molecule has 1 saturated heterocycles. The van der Waals surface area contributed by atoms with Crippen molar-refractivity contribution in [2.24, 2.45) is 0 Å². The summed E-state index contributed by atoms with van der Waals surface area (Å²) in [5, 5.41) is 10.5. The van der Waals surface area contributed by atoms with Gasteiger partial charge in [0.2, 0.25) is 0 Å². The van der Waals surface area contributed by atoms with Crippen LogP contribution in [0.5, 0.6) is 0 Å². The molecule has 1 aromatic carbocycles. The fourth-order valence-corrected chi connectivity index (χ4v) is 4.06. The zero-order chi connectivity index (χ0) is 16.9. The summed E-state index contributed by atoms with van der Waals surface area (Å²) in [5.74, 6) is -0.246. The maximum absolute atomic E-state index is 13.2. The molecule has 0 aromatic heterocycles. The molecule has 1 aliphatic heterocycles. The first-order chi connectivity index (χ1) is 11.6. The van der Waals surface area contributed by atoms with E-state index in [1.54, 1.807) is 6.07 Å². The van der Waals surface area contributed by atoms with Crippen molar-refractivity contribution in [3.05, 3.63) is 35.1 Å². The summed E-state index contributed by atoms with van der Waals surface area (Å²) in [7, 11) is 0. The van der Waals surface area contributed by atoms with Gasteiger partial charge >= 0.3 is 0 Å². The van der Waals surface area contributed by atoms with Crippen molar-refractivity contribution in [2.75, 3.05) is 19.6 Å². The van der Waals surface area contributed by atoms with E-state index < -0.39 is 6.10 Å². The van der Waals surface area contributed by atoms with Crippen molar-refractivity contribution in [1.82, 2.24) is 4.90 Å². The van der Waals surface area contributed by atoms with Crippen LogP contribution in [0.15, 0.2) is 18.2 Å². The Kier molecular flexibility index (Phi) is 6.25. The summed E-state index contributed by atoms with van der Waals surface area (Å²) in [4.78, 5) is 2.30. The van der Waals surface area contributed by atoms with Crippen molar-refractivity contribution in [3.8, 4) is 0 Å². The monoisotopic (exact) mass is 335 g/mol. The molecule has 0 radical (unpaired) electrons. The SMILES string of the molecule is Cc1cc(F)ccc1C(O)CN1CCC(OC2CCCCC2)CC1. The standard InChI is InChI=1S/C20H30FNO2/c1-15-13-16(21)7-8-19(15)20(23)14-22-11-9-18(10-12-22)24-17-5-3-2-4-6-17/h7-8,13,17-18,20,23H,2-6,9-12,14H2,1H3. The van der Waals surface area contributed by atoms with Gasteiger partial charge in [-0.2, -0.15) is 0 Å². The first kappa shape index (κ1) is 17.8. The number of piperidine rings is 1. The molecule has 2 aliphatic rings. The third-order valence-electron chi connectivity index (χ3n) is 5.49. The zero-order valence-electron chi connectivity index (χ0n) is 14.7. The number of likely N-dealkylation sites (tertiary alicyclic amines) is 1. The number of aliphatic hydroxyl groups excluding tert-OH is 1. The number of hydrogen-bond donors (Lipinski definition) is 1. The van der Waals surface area contributed by atoms with Crippen LogP contribution in [0.3, 0.4) is 0 Å². The fraction of sp³-hybridized carbons (Fsp3) is 0.700. The second-order valence-electron chi connectivity index (χ2n) is 7.41. The van der Waals surface area contributed by atoms with Gasteiger partial charge in [-0.15, -0.1) is 0 Å². The molecular formula is C20H30FNO2. The fourth-order valence-electron chi connectivity index (χ4n) is 4.06. The number of aliphatic hydroxyl groups is 1. The van der Waals surface area contributed by atoms with Crippen molar-refractivity contribution >= 4 is 0 Å². The molecule has 1 atom stereocenters. The predicted molar refractivity (Wildman–Crippen MR) is 93.5 cm³/mol. The minimum absolute atomic E-state index is 0.246. The van der Waals surface area contributed by atoms with Crippen LogP contribution in [0.1, 0.15) is 62.2 Å². The quantitative estimate of drug-likeness (QED) is 0.883. The molecule has 1 aromatic rings. The molecular weight excluding hydrogens is 305 g/mol. The molecule has 3 nitrogen and oxygen atoms in total. The van der Waals surface area contributed by atoms with Gasteiger partial charge in [0.1, 0.15) is 5.82 Å². The smallest absolute Gasteiger partial charge is 0.123 e. The maximum Gasteiger partial charge on any atom is 0.123 e. The van der Waals surface area contributed by atoms with Gasteiger partial charge in [-0.1, -0.05) is 25.3 Å². The summed E-state index contributed by atoms with van der Waals surface area (Å²) in [5.41, 5.74) is 1.65. The number of aryl methyl sites for hydroxylation is 1. The number of halogens is 1. The van der Waals surface area contributed by atoms with Crippen LogP contribution >= 0.6 is 0 Å².